The normalized spacial score (nSPS) is 11.3. The lowest BCUT2D eigenvalue weighted by atomic mass is 10.0. The number of rotatable bonds is 6. The van der Waals surface area contributed by atoms with Gasteiger partial charge in [-0.3, -0.25) is 0 Å². The smallest absolute Gasteiger partial charge is 0.232 e. The molecule has 0 aliphatic heterocycles. The molecule has 0 fully saturated rings. The van der Waals surface area contributed by atoms with Crippen molar-refractivity contribution >= 4 is 51.1 Å². The molecule has 5 N–H and O–H groups in total. The molecule has 4 aromatic carbocycles. The molecule has 0 radical (unpaired) electrons. The molecule has 5 aromatic rings. The molecule has 196 valence electrons. The molecule has 0 atom stereocenters. The molecule has 0 saturated heterocycles. The molecule has 39 heavy (non-hydrogen) atoms. The van der Waals surface area contributed by atoms with Crippen LogP contribution in [0, 0.1) is 34.6 Å². The van der Waals surface area contributed by atoms with Crippen LogP contribution in [-0.4, -0.2) is 20.1 Å². The summed E-state index contributed by atoms with van der Waals surface area (Å²) in [7, 11) is 0. The van der Waals surface area contributed by atoms with E-state index in [4.69, 9.17) is 5.73 Å². The summed E-state index contributed by atoms with van der Waals surface area (Å²) in [4.78, 5) is 13.4. The van der Waals surface area contributed by atoms with Crippen LogP contribution < -0.4 is 16.4 Å². The van der Waals surface area contributed by atoms with Gasteiger partial charge in [-0.1, -0.05) is 24.3 Å². The number of nitrogens with two attached hydrogens (primary N) is 1. The molecule has 9 nitrogen and oxygen atoms in total. The molecule has 0 aliphatic carbocycles. The van der Waals surface area contributed by atoms with Gasteiger partial charge >= 0.3 is 0 Å². The van der Waals surface area contributed by atoms with E-state index in [1.54, 1.807) is 6.07 Å². The molecule has 0 bridgehead atoms. The first-order valence-electron chi connectivity index (χ1n) is 12.5. The van der Waals surface area contributed by atoms with E-state index < -0.39 is 0 Å². The number of fused-ring (bicyclic) bond motifs is 1. The number of benzene rings is 4. The van der Waals surface area contributed by atoms with Crippen molar-refractivity contribution in [2.75, 3.05) is 16.4 Å². The van der Waals surface area contributed by atoms with Crippen molar-refractivity contribution in [1.82, 2.24) is 15.0 Å². The first-order valence-corrected chi connectivity index (χ1v) is 12.5. The molecule has 0 spiro atoms. The Morgan fingerprint density at radius 1 is 0.744 bits per heavy atom. The van der Waals surface area contributed by atoms with Crippen LogP contribution in [0.15, 0.2) is 70.9 Å². The summed E-state index contributed by atoms with van der Waals surface area (Å²) < 4.78 is 0. The van der Waals surface area contributed by atoms with Crippen molar-refractivity contribution < 1.29 is 5.11 Å². The monoisotopic (exact) mass is 518 g/mol. The third-order valence-electron chi connectivity index (χ3n) is 6.43. The first kappa shape index (κ1) is 25.6. The average Bonchev–Trinajstić information content (AvgIpc) is 2.86. The van der Waals surface area contributed by atoms with Crippen molar-refractivity contribution in [1.29, 1.82) is 0 Å². The fourth-order valence-electron chi connectivity index (χ4n) is 4.41. The number of aromatic hydroxyl groups is 1. The third kappa shape index (κ3) is 5.47. The number of nitrogens with zero attached hydrogens (tertiary/aromatic N) is 5. The van der Waals surface area contributed by atoms with Gasteiger partial charge in [0.1, 0.15) is 17.3 Å². The van der Waals surface area contributed by atoms with Crippen LogP contribution in [0.4, 0.5) is 40.3 Å². The van der Waals surface area contributed by atoms with Crippen LogP contribution in [0.3, 0.4) is 0 Å². The number of aryl methyl sites for hydroxylation is 5. The van der Waals surface area contributed by atoms with Gasteiger partial charge < -0.3 is 21.5 Å². The zero-order valence-electron chi connectivity index (χ0n) is 22.5. The number of phenolic OH excluding ortho intramolecular Hbond substituents is 1. The van der Waals surface area contributed by atoms with Crippen molar-refractivity contribution in [3.05, 3.63) is 88.7 Å². The zero-order valence-corrected chi connectivity index (χ0v) is 22.5. The summed E-state index contributed by atoms with van der Waals surface area (Å²) in [6, 6.07) is 19.3. The highest BCUT2D eigenvalue weighted by Gasteiger charge is 2.14. The van der Waals surface area contributed by atoms with E-state index in [0.29, 0.717) is 40.2 Å². The number of hydrogen-bond acceptors (Lipinski definition) is 9. The largest absolute Gasteiger partial charge is 0.507 e. The van der Waals surface area contributed by atoms with Gasteiger partial charge in [-0.15, -0.1) is 5.11 Å². The van der Waals surface area contributed by atoms with E-state index in [2.05, 4.69) is 35.8 Å². The molecule has 9 heteroatoms. The highest BCUT2D eigenvalue weighted by molar-refractivity contribution is 6.03. The van der Waals surface area contributed by atoms with Crippen LogP contribution in [0.5, 0.6) is 5.75 Å². The number of phenols is 1. The van der Waals surface area contributed by atoms with Crippen LogP contribution >= 0.6 is 0 Å². The molecule has 0 aliphatic rings. The molecule has 0 unspecified atom stereocenters. The average molecular weight is 519 g/mol. The molecule has 1 aromatic heterocycles. The summed E-state index contributed by atoms with van der Waals surface area (Å²) in [6.07, 6.45) is 0. The van der Waals surface area contributed by atoms with Gasteiger partial charge in [-0.2, -0.15) is 20.1 Å². The number of anilines is 5. The third-order valence-corrected chi connectivity index (χ3v) is 6.43. The van der Waals surface area contributed by atoms with E-state index in [1.807, 2.05) is 89.2 Å². The van der Waals surface area contributed by atoms with Crippen LogP contribution in [0.25, 0.3) is 10.8 Å². The Bertz CT molecular complexity index is 1750. The number of aromatic nitrogens is 3. The van der Waals surface area contributed by atoms with Gasteiger partial charge in [-0.05, 0) is 98.7 Å². The highest BCUT2D eigenvalue weighted by atomic mass is 16.3. The van der Waals surface area contributed by atoms with Gasteiger partial charge in [0.15, 0.2) is 0 Å². The number of para-hydroxylation sites is 1. The number of nitrogens with one attached hydrogen (secondary N) is 2. The molecular weight excluding hydrogens is 488 g/mol. The molecule has 1 heterocycles. The van der Waals surface area contributed by atoms with Gasteiger partial charge in [0, 0.05) is 11.4 Å². The first-order chi connectivity index (χ1) is 18.7. The maximum Gasteiger partial charge on any atom is 0.232 e. The zero-order chi connectivity index (χ0) is 27.7. The minimum atomic E-state index is 0.130. The lowest BCUT2D eigenvalue weighted by Crippen LogP contribution is -2.06. The Morgan fingerprint density at radius 3 is 2.23 bits per heavy atom. The van der Waals surface area contributed by atoms with Gasteiger partial charge in [0.2, 0.25) is 11.9 Å². The highest BCUT2D eigenvalue weighted by Crippen LogP contribution is 2.41. The predicted molar refractivity (Wildman–Crippen MR) is 157 cm³/mol. The lowest BCUT2D eigenvalue weighted by Gasteiger charge is -2.12. The second-order valence-corrected chi connectivity index (χ2v) is 9.63. The van der Waals surface area contributed by atoms with Crippen molar-refractivity contribution in [3.8, 4) is 5.75 Å². The number of hydrogen-bond donors (Lipinski definition) is 4. The maximum absolute atomic E-state index is 10.6. The molecule has 0 saturated carbocycles. The Balaban J connectivity index is 1.40. The van der Waals surface area contributed by atoms with Gasteiger partial charge in [-0.25, -0.2) is 0 Å². The number of nitrogen functional groups attached to an aromatic ring is 1. The quantitative estimate of drug-likeness (QED) is 0.133. The summed E-state index contributed by atoms with van der Waals surface area (Å²) in [6.45, 7) is 9.65. The predicted octanol–water partition coefficient (Wildman–Crippen LogP) is 7.76. The Hall–Kier alpha value is -5.05. The standard InChI is InChI=1S/C30H30N8O/c1-16-12-21-14-19(4)27(31)28(26(21)25(39)13-16)38-37-24-11-10-22(15-18(24)3)34-29-32-20(5)33-30(36-29)35-23-9-7-6-8-17(23)2/h6-15,39H,31H2,1-5H3,(H2,32,33,34,35,36). The minimum absolute atomic E-state index is 0.130. The Morgan fingerprint density at radius 2 is 1.49 bits per heavy atom. The fraction of sp³-hybridized carbons (Fsp3) is 0.167. The van der Waals surface area contributed by atoms with Crippen molar-refractivity contribution in [2.45, 2.75) is 34.6 Å². The SMILES string of the molecule is Cc1cc(O)c2c(N=Nc3ccc(Nc4nc(C)nc(Nc5ccccc5C)n4)cc3C)c(N)c(C)cc2c1. The molecular formula is C30H30N8O. The summed E-state index contributed by atoms with van der Waals surface area (Å²) >= 11 is 0. The van der Waals surface area contributed by atoms with E-state index in [0.717, 1.165) is 39.0 Å². The van der Waals surface area contributed by atoms with Crippen LogP contribution in [0.1, 0.15) is 28.1 Å². The lowest BCUT2D eigenvalue weighted by molar-refractivity contribution is 0.481. The topological polar surface area (TPSA) is 134 Å². The number of azo groups is 1. The Labute approximate surface area is 226 Å². The summed E-state index contributed by atoms with van der Waals surface area (Å²) in [5.41, 5.74) is 13.5. The molecule has 0 amide bonds. The molecule has 5 rings (SSSR count). The van der Waals surface area contributed by atoms with Gasteiger partial charge in [0.25, 0.3) is 0 Å². The summed E-state index contributed by atoms with van der Waals surface area (Å²) in [5.74, 6) is 1.61. The van der Waals surface area contributed by atoms with Crippen molar-refractivity contribution in [3.63, 3.8) is 0 Å². The maximum atomic E-state index is 10.6. The van der Waals surface area contributed by atoms with Gasteiger partial charge in [0.05, 0.1) is 16.8 Å². The van der Waals surface area contributed by atoms with Crippen LogP contribution in [0.2, 0.25) is 0 Å². The second kappa shape index (κ2) is 10.4. The van der Waals surface area contributed by atoms with E-state index >= 15 is 0 Å². The van der Waals surface area contributed by atoms with E-state index in [1.165, 1.54) is 0 Å². The van der Waals surface area contributed by atoms with Crippen molar-refractivity contribution in [2.24, 2.45) is 10.2 Å². The van der Waals surface area contributed by atoms with Crippen LogP contribution in [-0.2, 0) is 0 Å². The van der Waals surface area contributed by atoms with E-state index in [9.17, 15) is 5.11 Å². The fourth-order valence-corrected chi connectivity index (χ4v) is 4.41. The Kier molecular flexibility index (Phi) is 6.81. The summed E-state index contributed by atoms with van der Waals surface area (Å²) in [5, 5.41) is 27.6. The van der Waals surface area contributed by atoms with E-state index in [-0.39, 0.29) is 5.75 Å². The minimum Gasteiger partial charge on any atom is -0.507 e. The second-order valence-electron chi connectivity index (χ2n) is 9.63.